The minimum Gasteiger partial charge on any atom is -0.497 e. The van der Waals surface area contributed by atoms with Gasteiger partial charge in [0.15, 0.2) is 0 Å². The summed E-state index contributed by atoms with van der Waals surface area (Å²) in [7, 11) is 2.85. The van der Waals surface area contributed by atoms with Gasteiger partial charge in [-0.25, -0.2) is 0 Å². The molecule has 2 heterocycles. The number of carbonyl (C=O) groups is 2. The summed E-state index contributed by atoms with van der Waals surface area (Å²) in [6.45, 7) is -1.80. The van der Waals surface area contributed by atoms with Crippen molar-refractivity contribution in [3.8, 4) is 11.5 Å². The number of ether oxygens (including phenoxy) is 4. The maximum absolute atomic E-state index is 13.4. The third kappa shape index (κ3) is 7.39. The summed E-state index contributed by atoms with van der Waals surface area (Å²) in [5.41, 5.74) is -2.07. The van der Waals surface area contributed by atoms with Crippen LogP contribution in [0.5, 0.6) is 11.5 Å². The third-order valence-electron chi connectivity index (χ3n) is 8.68. The van der Waals surface area contributed by atoms with Gasteiger partial charge in [-0.3, -0.25) is 9.59 Å². The number of amides is 2. The first-order valence-electron chi connectivity index (χ1n) is 15.3. The number of aliphatic hydroxyl groups excluding tert-OH is 6. The van der Waals surface area contributed by atoms with E-state index in [1.807, 2.05) is 18.2 Å². The highest BCUT2D eigenvalue weighted by atomic mass is 32.2. The van der Waals surface area contributed by atoms with Gasteiger partial charge in [0.25, 0.3) is 11.8 Å². The number of thioether (sulfide) groups is 1. The summed E-state index contributed by atoms with van der Waals surface area (Å²) >= 11 is 0.776. The van der Waals surface area contributed by atoms with Crippen LogP contribution in [0.25, 0.3) is 10.8 Å². The first-order valence-corrected chi connectivity index (χ1v) is 16.2. The molecule has 2 aliphatic rings. The van der Waals surface area contributed by atoms with E-state index >= 15 is 0 Å². The van der Waals surface area contributed by atoms with Crippen LogP contribution in [0.3, 0.4) is 0 Å². The lowest BCUT2D eigenvalue weighted by molar-refractivity contribution is -0.170. The van der Waals surface area contributed by atoms with Crippen LogP contribution < -0.4 is 20.1 Å². The normalized spacial score (nSPS) is 30.4. The first-order chi connectivity index (χ1) is 23.1. The molecule has 2 fully saturated rings. The van der Waals surface area contributed by atoms with E-state index in [9.17, 15) is 40.2 Å². The molecule has 5 rings (SSSR count). The van der Waals surface area contributed by atoms with E-state index in [1.54, 1.807) is 30.3 Å². The maximum atomic E-state index is 13.4. The summed E-state index contributed by atoms with van der Waals surface area (Å²) in [5, 5.41) is 71.1. The van der Waals surface area contributed by atoms with Crippen LogP contribution >= 0.6 is 11.8 Å². The average Bonchev–Trinajstić information content (AvgIpc) is 3.11. The highest BCUT2D eigenvalue weighted by molar-refractivity contribution is 8.00. The van der Waals surface area contributed by atoms with Gasteiger partial charge < -0.3 is 60.2 Å². The van der Waals surface area contributed by atoms with E-state index in [2.05, 4.69) is 10.6 Å². The number of benzene rings is 3. The molecule has 48 heavy (non-hydrogen) atoms. The average molecular weight is 689 g/mol. The molecule has 3 aromatic rings. The fourth-order valence-electron chi connectivity index (χ4n) is 6.05. The highest BCUT2D eigenvalue weighted by Gasteiger charge is 2.51. The highest BCUT2D eigenvalue weighted by Crippen LogP contribution is 2.38. The van der Waals surface area contributed by atoms with Gasteiger partial charge >= 0.3 is 0 Å². The van der Waals surface area contributed by atoms with Crippen LogP contribution in [0.2, 0.25) is 0 Å². The van der Waals surface area contributed by atoms with Crippen LogP contribution in [0.1, 0.15) is 20.7 Å². The third-order valence-corrected chi connectivity index (χ3v) is 10.00. The number of fused-ring (bicyclic) bond motifs is 1. The molecule has 0 aliphatic carbocycles. The van der Waals surface area contributed by atoms with E-state index in [1.165, 1.54) is 26.4 Å². The Hall–Kier alpha value is -3.51. The standard InChI is InChI=1S/C33H40N2O12S/c1-44-18-10-17(11-19(12-18)45-2)30(42)34-25-22(13-36)23(14-37)46-32(28(25)40)48-33-29(41)26(27(39)24(15-38)47-33)35-31(43)21-9-5-7-16-6-3-4-8-20(16)21/h3-12,22-29,32-33,36-41H,13-15H2,1-2H3,(H,34,42)(H,35,43)/t22-,23?,24?,25?,26?,27-,28?,29?,32-,33-/m0/s1. The van der Waals surface area contributed by atoms with Crippen molar-refractivity contribution in [3.05, 3.63) is 71.8 Å². The number of nitrogens with one attached hydrogen (secondary N) is 2. The second-order valence-corrected chi connectivity index (χ2v) is 12.7. The molecule has 10 atom stereocenters. The molecule has 0 saturated carbocycles. The van der Waals surface area contributed by atoms with Crippen molar-refractivity contribution in [2.45, 2.75) is 53.5 Å². The van der Waals surface area contributed by atoms with Gasteiger partial charge in [-0.15, -0.1) is 0 Å². The summed E-state index contributed by atoms with van der Waals surface area (Å²) in [6.07, 6.45) is -6.87. The van der Waals surface area contributed by atoms with Crippen molar-refractivity contribution >= 4 is 34.3 Å². The van der Waals surface area contributed by atoms with Crippen LogP contribution in [0.15, 0.2) is 60.7 Å². The Morgan fingerprint density at radius 3 is 1.94 bits per heavy atom. The summed E-state index contributed by atoms with van der Waals surface area (Å²) in [6, 6.07) is 14.5. The largest absolute Gasteiger partial charge is 0.497 e. The molecule has 0 radical (unpaired) electrons. The molecule has 2 aliphatic heterocycles. The quantitative estimate of drug-likeness (QED) is 0.129. The van der Waals surface area contributed by atoms with E-state index in [0.717, 1.165) is 17.1 Å². The summed E-state index contributed by atoms with van der Waals surface area (Å²) in [5.74, 6) is -1.45. The number of carbonyl (C=O) groups excluding carboxylic acids is 2. The molecular weight excluding hydrogens is 648 g/mol. The molecule has 3 aromatic carbocycles. The Morgan fingerprint density at radius 2 is 1.31 bits per heavy atom. The zero-order chi connectivity index (χ0) is 34.5. The van der Waals surface area contributed by atoms with Crippen molar-refractivity contribution in [1.82, 2.24) is 10.6 Å². The molecule has 2 saturated heterocycles. The lowest BCUT2D eigenvalue weighted by Gasteiger charge is -2.47. The van der Waals surface area contributed by atoms with E-state index in [-0.39, 0.29) is 5.56 Å². The second kappa shape index (κ2) is 15.8. The fourth-order valence-corrected chi connectivity index (χ4v) is 7.39. The van der Waals surface area contributed by atoms with E-state index in [4.69, 9.17) is 18.9 Å². The maximum Gasteiger partial charge on any atom is 0.252 e. The van der Waals surface area contributed by atoms with Gasteiger partial charge in [-0.2, -0.15) is 0 Å². The van der Waals surface area contributed by atoms with Crippen molar-refractivity contribution in [1.29, 1.82) is 0 Å². The first kappa shape index (κ1) is 35.8. The predicted molar refractivity (Wildman–Crippen MR) is 174 cm³/mol. The number of hydrogen-bond acceptors (Lipinski definition) is 13. The second-order valence-electron chi connectivity index (χ2n) is 11.5. The number of hydrogen-bond donors (Lipinski definition) is 8. The smallest absolute Gasteiger partial charge is 0.252 e. The molecular formula is C33H40N2O12S. The Balaban J connectivity index is 1.36. The Labute approximate surface area is 280 Å². The van der Waals surface area contributed by atoms with Gasteiger partial charge in [0.1, 0.15) is 46.8 Å². The zero-order valence-corrected chi connectivity index (χ0v) is 27.0. The molecule has 15 heteroatoms. The molecule has 0 bridgehead atoms. The molecule has 260 valence electrons. The SMILES string of the molecule is COc1cc(OC)cc(C(=O)NC2C(O)[C@H](S[C@@H]3OC(CO)[C@H](O)C(NC(=O)c4cccc5ccccc45)C3O)OC(CO)[C@@H]2CO)c1. The van der Waals surface area contributed by atoms with Gasteiger partial charge in [0, 0.05) is 23.1 Å². The van der Waals surface area contributed by atoms with Crippen molar-refractivity contribution in [2.24, 2.45) is 5.92 Å². The Kier molecular flexibility index (Phi) is 11.8. The van der Waals surface area contributed by atoms with Crippen LogP contribution in [-0.4, -0.2) is 130 Å². The number of rotatable bonds is 11. The molecule has 8 N–H and O–H groups in total. The topological polar surface area (TPSA) is 216 Å². The van der Waals surface area contributed by atoms with E-state index < -0.39 is 91.0 Å². The minimum absolute atomic E-state index is 0.141. The van der Waals surface area contributed by atoms with Crippen LogP contribution in [0, 0.1) is 5.92 Å². The van der Waals surface area contributed by atoms with E-state index in [0.29, 0.717) is 22.4 Å². The monoisotopic (exact) mass is 688 g/mol. The molecule has 14 nitrogen and oxygen atoms in total. The van der Waals surface area contributed by atoms with Gasteiger partial charge in [-0.1, -0.05) is 48.2 Å². The van der Waals surface area contributed by atoms with Crippen molar-refractivity contribution < 1.29 is 59.2 Å². The van der Waals surface area contributed by atoms with Crippen LogP contribution in [-0.2, 0) is 9.47 Å². The number of methoxy groups -OCH3 is 2. The summed E-state index contributed by atoms with van der Waals surface area (Å²) in [4.78, 5) is 26.8. The lowest BCUT2D eigenvalue weighted by Crippen LogP contribution is -2.65. The molecule has 6 unspecified atom stereocenters. The fraction of sp³-hybridized carbons (Fsp3) is 0.455. The predicted octanol–water partition coefficient (Wildman–Crippen LogP) is -0.387. The molecule has 0 aromatic heterocycles. The van der Waals surface area contributed by atoms with Gasteiger partial charge in [-0.05, 0) is 29.0 Å². The summed E-state index contributed by atoms with van der Waals surface area (Å²) < 4.78 is 22.2. The molecule has 0 spiro atoms. The van der Waals surface area contributed by atoms with Crippen molar-refractivity contribution in [2.75, 3.05) is 34.0 Å². The van der Waals surface area contributed by atoms with Gasteiger partial charge in [0.2, 0.25) is 0 Å². The zero-order valence-electron chi connectivity index (χ0n) is 26.2. The van der Waals surface area contributed by atoms with Gasteiger partial charge in [0.05, 0.1) is 52.2 Å². The molecule has 2 amide bonds. The van der Waals surface area contributed by atoms with Crippen LogP contribution in [0.4, 0.5) is 0 Å². The lowest BCUT2D eigenvalue weighted by atomic mass is 9.87. The van der Waals surface area contributed by atoms with Crippen molar-refractivity contribution in [3.63, 3.8) is 0 Å². The Morgan fingerprint density at radius 1 is 0.729 bits per heavy atom. The Bertz CT molecular complexity index is 1550. The minimum atomic E-state index is -1.57. The number of aliphatic hydroxyl groups is 6.